The Labute approximate surface area is 60.8 Å². The van der Waals surface area contributed by atoms with Gasteiger partial charge in [-0.25, -0.2) is 8.78 Å². The molecule has 0 radical (unpaired) electrons. The minimum absolute atomic E-state index is 0.414. The number of nitroso groups, excluding NO2 is 1. The monoisotopic (exact) mass is 158 g/mol. The van der Waals surface area contributed by atoms with Crippen molar-refractivity contribution in [3.05, 3.63) is 28.7 Å². The molecular formula is C6H4F2N2O. The van der Waals surface area contributed by atoms with Crippen molar-refractivity contribution in [2.75, 3.05) is 5.73 Å². The summed E-state index contributed by atoms with van der Waals surface area (Å²) in [5.41, 5.74) is 4.18. The average Bonchev–Trinajstić information content (AvgIpc) is 1.96. The maximum absolute atomic E-state index is 12.5. The normalized spacial score (nSPS) is 9.64. The predicted octanol–water partition coefficient (Wildman–Crippen LogP) is 1.94. The lowest BCUT2D eigenvalue weighted by Gasteiger charge is -1.97. The smallest absolute Gasteiger partial charge is 0.151 e. The summed E-state index contributed by atoms with van der Waals surface area (Å²) >= 11 is 0. The van der Waals surface area contributed by atoms with Crippen LogP contribution in [0.3, 0.4) is 0 Å². The number of nitrogens with zero attached hydrogens (tertiary/aromatic N) is 1. The lowest BCUT2D eigenvalue weighted by atomic mass is 10.2. The summed E-state index contributed by atoms with van der Waals surface area (Å²) in [5.74, 6) is -1.84. The zero-order chi connectivity index (χ0) is 8.43. The third kappa shape index (κ3) is 1.31. The molecule has 0 spiro atoms. The maximum Gasteiger partial charge on any atom is 0.151 e. The van der Waals surface area contributed by atoms with Crippen molar-refractivity contribution in [3.8, 4) is 0 Å². The Balaban J connectivity index is 3.35. The predicted molar refractivity (Wildman–Crippen MR) is 36.2 cm³/mol. The van der Waals surface area contributed by atoms with Gasteiger partial charge in [-0.15, -0.1) is 4.91 Å². The lowest BCUT2D eigenvalue weighted by molar-refractivity contribution is 0.587. The first kappa shape index (κ1) is 7.59. The van der Waals surface area contributed by atoms with Crippen LogP contribution in [0.5, 0.6) is 0 Å². The molecule has 0 saturated carbocycles. The van der Waals surface area contributed by atoms with E-state index in [2.05, 4.69) is 5.18 Å². The van der Waals surface area contributed by atoms with E-state index >= 15 is 0 Å². The van der Waals surface area contributed by atoms with Crippen molar-refractivity contribution in [1.29, 1.82) is 0 Å². The molecule has 0 aliphatic rings. The average molecular weight is 158 g/mol. The molecule has 1 aromatic carbocycles. The molecular weight excluding hydrogens is 154 g/mol. The summed E-state index contributed by atoms with van der Waals surface area (Å²) in [6, 6.07) is 1.36. The molecule has 0 aromatic heterocycles. The number of nitrogen functional groups attached to an aromatic ring is 1. The molecule has 5 heteroatoms. The number of nitrogens with two attached hydrogens (primary N) is 1. The molecule has 11 heavy (non-hydrogen) atoms. The van der Waals surface area contributed by atoms with E-state index in [1.807, 2.05) is 0 Å². The fourth-order valence-corrected chi connectivity index (χ4v) is 0.647. The largest absolute Gasteiger partial charge is 0.394 e. The third-order valence-corrected chi connectivity index (χ3v) is 1.17. The molecule has 1 rings (SSSR count). The van der Waals surface area contributed by atoms with Crippen molar-refractivity contribution >= 4 is 11.4 Å². The summed E-state index contributed by atoms with van der Waals surface area (Å²) < 4.78 is 24.8. The SMILES string of the molecule is Nc1c(F)cc(F)cc1N=O. The van der Waals surface area contributed by atoms with Gasteiger partial charge in [0.05, 0.1) is 5.69 Å². The van der Waals surface area contributed by atoms with Gasteiger partial charge in [-0.3, -0.25) is 0 Å². The first-order valence-corrected chi connectivity index (χ1v) is 2.73. The highest BCUT2D eigenvalue weighted by Gasteiger charge is 2.07. The Kier molecular flexibility index (Phi) is 1.80. The number of halogens is 2. The van der Waals surface area contributed by atoms with Crippen LogP contribution >= 0.6 is 0 Å². The Morgan fingerprint density at radius 1 is 1.36 bits per heavy atom. The summed E-state index contributed by atoms with van der Waals surface area (Å²) in [5, 5.41) is 2.34. The molecule has 0 unspecified atom stereocenters. The Morgan fingerprint density at radius 3 is 2.55 bits per heavy atom. The van der Waals surface area contributed by atoms with Crippen LogP contribution in [0.2, 0.25) is 0 Å². The van der Waals surface area contributed by atoms with Gasteiger partial charge < -0.3 is 5.73 Å². The van der Waals surface area contributed by atoms with Crippen molar-refractivity contribution < 1.29 is 8.78 Å². The summed E-state index contributed by atoms with van der Waals surface area (Å²) in [7, 11) is 0. The van der Waals surface area contributed by atoms with Crippen molar-refractivity contribution in [2.24, 2.45) is 5.18 Å². The Hall–Kier alpha value is -1.52. The molecule has 0 aliphatic carbocycles. The number of hydrogen-bond acceptors (Lipinski definition) is 3. The number of rotatable bonds is 1. The molecule has 0 atom stereocenters. The van der Waals surface area contributed by atoms with E-state index in [1.165, 1.54) is 0 Å². The van der Waals surface area contributed by atoms with E-state index in [1.54, 1.807) is 0 Å². The van der Waals surface area contributed by atoms with Crippen molar-refractivity contribution in [1.82, 2.24) is 0 Å². The lowest BCUT2D eigenvalue weighted by Crippen LogP contribution is -1.91. The molecule has 0 bridgehead atoms. The van der Waals surface area contributed by atoms with Gasteiger partial charge in [0.15, 0.2) is 5.82 Å². The highest BCUT2D eigenvalue weighted by atomic mass is 19.1. The molecule has 0 saturated heterocycles. The zero-order valence-corrected chi connectivity index (χ0v) is 5.34. The fraction of sp³-hybridized carbons (Fsp3) is 0. The first-order chi connectivity index (χ1) is 5.15. The number of hydrogen-bond donors (Lipinski definition) is 1. The molecule has 58 valence electrons. The topological polar surface area (TPSA) is 55.4 Å². The van der Waals surface area contributed by atoms with E-state index in [-0.39, 0.29) is 0 Å². The van der Waals surface area contributed by atoms with Crippen LogP contribution in [0.1, 0.15) is 0 Å². The van der Waals surface area contributed by atoms with Crippen LogP contribution < -0.4 is 5.73 Å². The minimum atomic E-state index is -0.973. The molecule has 0 fully saturated rings. The fourth-order valence-electron chi connectivity index (χ4n) is 0.647. The molecule has 1 aromatic rings. The second-order valence-electron chi connectivity index (χ2n) is 1.91. The van der Waals surface area contributed by atoms with Crippen LogP contribution in [-0.2, 0) is 0 Å². The Bertz CT molecular complexity index is 301. The van der Waals surface area contributed by atoms with Gasteiger partial charge in [-0.1, -0.05) is 0 Å². The maximum atomic E-state index is 12.5. The standard InChI is InChI=1S/C6H4F2N2O/c7-3-1-4(8)6(9)5(2-3)10-11/h1-2H,9H2. The van der Waals surface area contributed by atoms with Gasteiger partial charge in [-0.05, 0) is 5.18 Å². The van der Waals surface area contributed by atoms with Gasteiger partial charge in [0.25, 0.3) is 0 Å². The van der Waals surface area contributed by atoms with Crippen LogP contribution in [0.25, 0.3) is 0 Å². The minimum Gasteiger partial charge on any atom is -0.394 e. The summed E-state index contributed by atoms with van der Waals surface area (Å²) in [4.78, 5) is 9.87. The summed E-state index contributed by atoms with van der Waals surface area (Å²) in [6.07, 6.45) is 0. The van der Waals surface area contributed by atoms with Gasteiger partial charge in [0.2, 0.25) is 0 Å². The van der Waals surface area contributed by atoms with Gasteiger partial charge in [0.1, 0.15) is 11.5 Å². The van der Waals surface area contributed by atoms with Crippen LogP contribution in [0.4, 0.5) is 20.2 Å². The van der Waals surface area contributed by atoms with Crippen molar-refractivity contribution in [3.63, 3.8) is 0 Å². The molecule has 0 amide bonds. The first-order valence-electron chi connectivity index (χ1n) is 2.73. The van der Waals surface area contributed by atoms with E-state index in [4.69, 9.17) is 5.73 Å². The molecule has 3 nitrogen and oxygen atoms in total. The second-order valence-corrected chi connectivity index (χ2v) is 1.91. The number of anilines is 1. The van der Waals surface area contributed by atoms with E-state index in [9.17, 15) is 13.7 Å². The van der Waals surface area contributed by atoms with E-state index in [0.717, 1.165) is 6.07 Å². The number of benzene rings is 1. The highest BCUT2D eigenvalue weighted by Crippen LogP contribution is 2.25. The third-order valence-electron chi connectivity index (χ3n) is 1.17. The van der Waals surface area contributed by atoms with E-state index < -0.39 is 23.0 Å². The molecule has 0 aliphatic heterocycles. The van der Waals surface area contributed by atoms with Crippen LogP contribution in [0, 0.1) is 16.5 Å². The van der Waals surface area contributed by atoms with Crippen LogP contribution in [0.15, 0.2) is 17.3 Å². The quantitative estimate of drug-likeness (QED) is 0.501. The van der Waals surface area contributed by atoms with Crippen LogP contribution in [-0.4, -0.2) is 0 Å². The summed E-state index contributed by atoms with van der Waals surface area (Å²) in [6.45, 7) is 0. The zero-order valence-electron chi connectivity index (χ0n) is 5.34. The Morgan fingerprint density at radius 2 is 2.00 bits per heavy atom. The second kappa shape index (κ2) is 2.61. The van der Waals surface area contributed by atoms with Crippen molar-refractivity contribution in [2.45, 2.75) is 0 Å². The van der Waals surface area contributed by atoms with E-state index in [0.29, 0.717) is 6.07 Å². The molecule has 0 heterocycles. The van der Waals surface area contributed by atoms with Gasteiger partial charge in [-0.2, -0.15) is 0 Å². The highest BCUT2D eigenvalue weighted by molar-refractivity contribution is 5.62. The molecule has 2 N–H and O–H groups in total. The van der Waals surface area contributed by atoms with Gasteiger partial charge in [0, 0.05) is 12.1 Å². The van der Waals surface area contributed by atoms with Gasteiger partial charge >= 0.3 is 0 Å².